The Balaban J connectivity index is 0.00000400. The van der Waals surface area contributed by atoms with Gasteiger partial charge in [-0.3, -0.25) is 20.0 Å². The van der Waals surface area contributed by atoms with Crippen molar-refractivity contribution in [3.05, 3.63) is 83.9 Å². The molecule has 10 nitrogen and oxygen atoms in total. The first-order chi connectivity index (χ1) is 17.9. The largest absolute Gasteiger partial charge is 0.466 e. The van der Waals surface area contributed by atoms with Crippen LogP contribution < -0.4 is 16.0 Å². The van der Waals surface area contributed by atoms with Crippen LogP contribution in [0.4, 0.5) is 11.4 Å². The number of carbonyl (C=O) groups is 2. The van der Waals surface area contributed by atoms with Gasteiger partial charge in [-0.2, -0.15) is 0 Å². The van der Waals surface area contributed by atoms with E-state index in [0.717, 1.165) is 17.0 Å². The third kappa shape index (κ3) is 6.46. The number of ether oxygens (including phenoxy) is 1. The summed E-state index contributed by atoms with van der Waals surface area (Å²) in [6.07, 6.45) is 3.29. The Bertz CT molecular complexity index is 1420. The Morgan fingerprint density at radius 1 is 1.13 bits per heavy atom. The number of halogens is 1. The van der Waals surface area contributed by atoms with Crippen molar-refractivity contribution in [2.75, 3.05) is 23.4 Å². The molecule has 0 bridgehead atoms. The molecule has 2 heterocycles. The van der Waals surface area contributed by atoms with Crippen LogP contribution in [0.25, 0.3) is 11.0 Å². The number of nitrogens with one attached hydrogen (secondary N) is 2. The number of amidine groups is 1. The molecule has 4 N–H and O–H groups in total. The fourth-order valence-electron chi connectivity index (χ4n) is 3.94. The second-order valence-electron chi connectivity index (χ2n) is 8.36. The minimum absolute atomic E-state index is 0. The molecule has 11 heteroatoms. The number of hydrogen-bond acceptors (Lipinski definition) is 7. The van der Waals surface area contributed by atoms with Crippen LogP contribution in [0, 0.1) is 5.41 Å². The number of nitrogens with two attached hydrogens (primary N) is 1. The number of fused-ring (bicyclic) bond motifs is 1. The standard InChI is InChI=1S/C27H29N7O3.ClH/c1-3-37-25(35)12-14-34(21-5-4-13-30-16-21)27(36)19-8-11-23-22(15-19)32-24(33(23)2)17-31-20-9-6-18(7-10-20)26(28)29;/h4-11,13,15-16,31H,3,12,14,17H2,1-2H3,(H3,28,29);1H. The number of nitrogens with zero attached hydrogens (tertiary/aromatic N) is 4. The summed E-state index contributed by atoms with van der Waals surface area (Å²) < 4.78 is 7.00. The van der Waals surface area contributed by atoms with Gasteiger partial charge in [0.25, 0.3) is 5.91 Å². The third-order valence-electron chi connectivity index (χ3n) is 5.91. The maximum atomic E-state index is 13.5. The van der Waals surface area contributed by atoms with E-state index in [-0.39, 0.29) is 49.7 Å². The summed E-state index contributed by atoms with van der Waals surface area (Å²) in [5.74, 6) is 0.199. The SMILES string of the molecule is CCOC(=O)CCN(C(=O)c1ccc2c(c1)nc(CNc1ccc(C(=N)N)cc1)n2C)c1cccnc1.Cl. The van der Waals surface area contributed by atoms with Crippen LogP contribution >= 0.6 is 12.4 Å². The molecule has 2 aromatic carbocycles. The number of amides is 1. The molecule has 0 atom stereocenters. The minimum atomic E-state index is -0.363. The Kier molecular flexibility index (Phi) is 9.39. The van der Waals surface area contributed by atoms with Gasteiger partial charge in [0.1, 0.15) is 11.7 Å². The maximum Gasteiger partial charge on any atom is 0.307 e. The molecule has 0 radical (unpaired) electrons. The normalized spacial score (nSPS) is 10.5. The van der Waals surface area contributed by atoms with Gasteiger partial charge in [0, 0.05) is 36.6 Å². The zero-order valence-corrected chi connectivity index (χ0v) is 22.0. The summed E-state index contributed by atoms with van der Waals surface area (Å²) in [6, 6.07) is 16.2. The van der Waals surface area contributed by atoms with E-state index in [4.69, 9.17) is 20.9 Å². The number of imidazole rings is 1. The van der Waals surface area contributed by atoms with E-state index in [1.165, 1.54) is 4.90 Å². The number of pyridine rings is 1. The van der Waals surface area contributed by atoms with Crippen LogP contribution in [0.5, 0.6) is 0 Å². The van der Waals surface area contributed by atoms with Crippen molar-refractivity contribution in [3.63, 3.8) is 0 Å². The average Bonchev–Trinajstić information content (AvgIpc) is 3.23. The van der Waals surface area contributed by atoms with Crippen LogP contribution in [0.1, 0.15) is 35.1 Å². The highest BCUT2D eigenvalue weighted by molar-refractivity contribution is 6.07. The molecule has 0 saturated heterocycles. The Hall–Kier alpha value is -4.44. The molecule has 0 fully saturated rings. The first kappa shape index (κ1) is 28.1. The molecule has 0 aliphatic heterocycles. The highest BCUT2D eigenvalue weighted by Gasteiger charge is 2.21. The van der Waals surface area contributed by atoms with Crippen molar-refractivity contribution >= 4 is 52.5 Å². The van der Waals surface area contributed by atoms with Crippen LogP contribution in [0.2, 0.25) is 0 Å². The van der Waals surface area contributed by atoms with Gasteiger partial charge < -0.3 is 25.3 Å². The smallest absolute Gasteiger partial charge is 0.307 e. The van der Waals surface area contributed by atoms with Crippen molar-refractivity contribution in [3.8, 4) is 0 Å². The third-order valence-corrected chi connectivity index (χ3v) is 5.91. The number of aryl methyl sites for hydroxylation is 1. The molecule has 0 aliphatic rings. The molecule has 0 aliphatic carbocycles. The molecule has 0 unspecified atom stereocenters. The maximum absolute atomic E-state index is 13.5. The number of nitrogen functional groups attached to an aromatic ring is 1. The Morgan fingerprint density at radius 3 is 2.53 bits per heavy atom. The van der Waals surface area contributed by atoms with Gasteiger partial charge in [0.2, 0.25) is 0 Å². The zero-order chi connectivity index (χ0) is 26.4. The topological polar surface area (TPSA) is 139 Å². The summed E-state index contributed by atoms with van der Waals surface area (Å²) >= 11 is 0. The monoisotopic (exact) mass is 535 g/mol. The second kappa shape index (κ2) is 12.7. The van der Waals surface area contributed by atoms with Crippen LogP contribution in [-0.4, -0.2) is 45.4 Å². The van der Waals surface area contributed by atoms with E-state index in [2.05, 4.69) is 10.3 Å². The first-order valence-corrected chi connectivity index (χ1v) is 11.9. The number of hydrogen-bond donors (Lipinski definition) is 3. The molecule has 0 saturated carbocycles. The minimum Gasteiger partial charge on any atom is -0.466 e. The van der Waals surface area contributed by atoms with Crippen molar-refractivity contribution in [2.24, 2.45) is 12.8 Å². The van der Waals surface area contributed by atoms with E-state index in [1.54, 1.807) is 55.7 Å². The van der Waals surface area contributed by atoms with E-state index in [1.807, 2.05) is 29.8 Å². The summed E-state index contributed by atoms with van der Waals surface area (Å²) in [6.45, 7) is 2.67. The van der Waals surface area contributed by atoms with Gasteiger partial charge in [-0.15, -0.1) is 12.4 Å². The van der Waals surface area contributed by atoms with E-state index < -0.39 is 0 Å². The quantitative estimate of drug-likeness (QED) is 0.159. The van der Waals surface area contributed by atoms with Gasteiger partial charge in [0.05, 0.1) is 42.5 Å². The van der Waals surface area contributed by atoms with Crippen molar-refractivity contribution in [1.82, 2.24) is 14.5 Å². The molecule has 198 valence electrons. The molecule has 38 heavy (non-hydrogen) atoms. The lowest BCUT2D eigenvalue weighted by molar-refractivity contribution is -0.142. The summed E-state index contributed by atoms with van der Waals surface area (Å²) in [4.78, 5) is 35.9. The number of anilines is 2. The average molecular weight is 536 g/mol. The van der Waals surface area contributed by atoms with Gasteiger partial charge in [-0.25, -0.2) is 4.98 Å². The van der Waals surface area contributed by atoms with Gasteiger partial charge in [0.15, 0.2) is 0 Å². The highest BCUT2D eigenvalue weighted by Crippen LogP contribution is 2.22. The lowest BCUT2D eigenvalue weighted by atomic mass is 10.1. The van der Waals surface area contributed by atoms with E-state index >= 15 is 0 Å². The lowest BCUT2D eigenvalue weighted by Gasteiger charge is -2.22. The van der Waals surface area contributed by atoms with Crippen LogP contribution in [-0.2, 0) is 23.1 Å². The number of rotatable bonds is 10. The predicted octanol–water partition coefficient (Wildman–Crippen LogP) is 3.89. The van der Waals surface area contributed by atoms with Crippen molar-refractivity contribution in [2.45, 2.75) is 19.9 Å². The highest BCUT2D eigenvalue weighted by atomic mass is 35.5. The van der Waals surface area contributed by atoms with Gasteiger partial charge in [-0.1, -0.05) is 0 Å². The predicted molar refractivity (Wildman–Crippen MR) is 150 cm³/mol. The zero-order valence-electron chi connectivity index (χ0n) is 21.2. The summed E-state index contributed by atoms with van der Waals surface area (Å²) in [7, 11) is 1.92. The molecule has 0 spiro atoms. The Labute approximate surface area is 226 Å². The molecular formula is C27H30ClN7O3. The fourth-order valence-corrected chi connectivity index (χ4v) is 3.94. The van der Waals surface area contributed by atoms with Crippen LogP contribution in [0.15, 0.2) is 67.0 Å². The molecule has 4 rings (SSSR count). The number of esters is 1. The first-order valence-electron chi connectivity index (χ1n) is 11.9. The second-order valence-corrected chi connectivity index (χ2v) is 8.36. The van der Waals surface area contributed by atoms with Crippen molar-refractivity contribution < 1.29 is 14.3 Å². The van der Waals surface area contributed by atoms with Gasteiger partial charge >= 0.3 is 5.97 Å². The molecule has 2 aromatic heterocycles. The van der Waals surface area contributed by atoms with Gasteiger partial charge in [-0.05, 0) is 61.5 Å². The molecule has 1 amide bonds. The number of aromatic nitrogens is 3. The van der Waals surface area contributed by atoms with E-state index in [0.29, 0.717) is 28.9 Å². The molecular weight excluding hydrogens is 506 g/mol. The number of carbonyl (C=O) groups excluding carboxylic acids is 2. The summed E-state index contributed by atoms with van der Waals surface area (Å²) in [5.41, 5.74) is 9.68. The Morgan fingerprint density at radius 2 is 1.87 bits per heavy atom. The summed E-state index contributed by atoms with van der Waals surface area (Å²) in [5, 5.41) is 10.8. The van der Waals surface area contributed by atoms with Crippen molar-refractivity contribution in [1.29, 1.82) is 5.41 Å². The van der Waals surface area contributed by atoms with E-state index in [9.17, 15) is 9.59 Å². The lowest BCUT2D eigenvalue weighted by Crippen LogP contribution is -2.33. The number of benzene rings is 2. The molecule has 4 aromatic rings. The van der Waals surface area contributed by atoms with Crippen LogP contribution in [0.3, 0.4) is 0 Å². The fraction of sp³-hybridized carbons (Fsp3) is 0.222.